The summed E-state index contributed by atoms with van der Waals surface area (Å²) in [5.41, 5.74) is 8.67. The lowest BCUT2D eigenvalue weighted by molar-refractivity contribution is -0.141. The average molecular weight is 620 g/mol. The van der Waals surface area contributed by atoms with Gasteiger partial charge in [-0.15, -0.1) is 0 Å². The second kappa shape index (κ2) is 18.7. The summed E-state index contributed by atoms with van der Waals surface area (Å²) in [6.07, 6.45) is 14.5. The molecule has 0 heterocycles. The highest BCUT2D eigenvalue weighted by Crippen LogP contribution is 2.36. The first-order chi connectivity index (χ1) is 21.1. The summed E-state index contributed by atoms with van der Waals surface area (Å²) in [4.78, 5) is 54.2. The van der Waals surface area contributed by atoms with Gasteiger partial charge in [0.05, 0.1) is 12.1 Å². The fourth-order valence-electron chi connectivity index (χ4n) is 7.86. The number of nitrogens with two attached hydrogens (primary N) is 1. The number of nitrogens with one attached hydrogen (secondary N) is 2. The molecule has 0 spiro atoms. The third-order valence-corrected chi connectivity index (χ3v) is 10.2. The lowest BCUT2D eigenvalue weighted by atomic mass is 9.73. The van der Waals surface area contributed by atoms with Crippen molar-refractivity contribution >= 4 is 23.6 Å². The SMILES string of the molecule is CCCN(CCC)C(=O)C1CC(C(N)=O)CC(C(=O)NC(CC2CCCCC2)C(O)CN(C)NC(=O)CC2CCCCC2)C1. The zero-order valence-corrected chi connectivity index (χ0v) is 27.7. The number of primary amides is 1. The van der Waals surface area contributed by atoms with Crippen LogP contribution in [0.5, 0.6) is 0 Å². The number of rotatable bonds is 16. The monoisotopic (exact) mass is 619 g/mol. The zero-order chi connectivity index (χ0) is 32.1. The van der Waals surface area contributed by atoms with Gasteiger partial charge in [-0.3, -0.25) is 24.6 Å². The average Bonchev–Trinajstić information content (AvgIpc) is 3.00. The predicted octanol–water partition coefficient (Wildman–Crippen LogP) is 3.90. The van der Waals surface area contributed by atoms with Gasteiger partial charge in [-0.25, -0.2) is 5.01 Å². The Morgan fingerprint density at radius 2 is 1.36 bits per heavy atom. The molecule has 252 valence electrons. The fraction of sp³-hybridized carbons (Fsp3) is 0.882. The molecule has 0 radical (unpaired) electrons. The van der Waals surface area contributed by atoms with E-state index >= 15 is 0 Å². The number of carbonyl (C=O) groups excluding carboxylic acids is 4. The molecule has 3 rings (SSSR count). The Morgan fingerprint density at radius 3 is 1.93 bits per heavy atom. The van der Waals surface area contributed by atoms with Crippen LogP contribution in [-0.2, 0) is 19.2 Å². The number of hydrogen-bond donors (Lipinski definition) is 4. The third kappa shape index (κ3) is 11.6. The van der Waals surface area contributed by atoms with E-state index in [1.807, 2.05) is 18.7 Å². The van der Waals surface area contributed by atoms with Crippen molar-refractivity contribution in [1.29, 1.82) is 0 Å². The van der Waals surface area contributed by atoms with Crippen LogP contribution < -0.4 is 16.5 Å². The first-order valence-corrected chi connectivity index (χ1v) is 17.7. The molecule has 5 N–H and O–H groups in total. The molecule has 5 atom stereocenters. The summed E-state index contributed by atoms with van der Waals surface area (Å²) in [6, 6.07) is -0.497. The number of nitrogens with zero attached hydrogens (tertiary/aromatic N) is 2. The van der Waals surface area contributed by atoms with Gasteiger partial charge in [0, 0.05) is 50.9 Å². The van der Waals surface area contributed by atoms with E-state index in [1.165, 1.54) is 25.7 Å². The van der Waals surface area contributed by atoms with Crippen LogP contribution in [0.1, 0.15) is 123 Å². The van der Waals surface area contributed by atoms with E-state index in [9.17, 15) is 24.3 Å². The molecule has 0 bridgehead atoms. The van der Waals surface area contributed by atoms with E-state index in [0.29, 0.717) is 57.0 Å². The molecule has 3 aliphatic rings. The molecule has 44 heavy (non-hydrogen) atoms. The van der Waals surface area contributed by atoms with Crippen molar-refractivity contribution in [3.63, 3.8) is 0 Å². The third-order valence-electron chi connectivity index (χ3n) is 10.2. The minimum Gasteiger partial charge on any atom is -0.390 e. The molecule has 10 nitrogen and oxygen atoms in total. The van der Waals surface area contributed by atoms with Crippen molar-refractivity contribution < 1.29 is 24.3 Å². The maximum absolute atomic E-state index is 13.8. The number of carbonyl (C=O) groups is 4. The van der Waals surface area contributed by atoms with Crippen molar-refractivity contribution in [1.82, 2.24) is 20.7 Å². The van der Waals surface area contributed by atoms with Crippen LogP contribution in [0, 0.1) is 29.6 Å². The van der Waals surface area contributed by atoms with Crippen molar-refractivity contribution in [2.45, 2.75) is 135 Å². The van der Waals surface area contributed by atoms with Crippen molar-refractivity contribution in [3.8, 4) is 0 Å². The first kappa shape index (κ1) is 36.3. The Hall–Kier alpha value is -2.20. The number of aliphatic hydroxyl groups is 1. The molecular weight excluding hydrogens is 558 g/mol. The van der Waals surface area contributed by atoms with Crippen LogP contribution >= 0.6 is 0 Å². The second-order valence-corrected chi connectivity index (χ2v) is 14.1. The van der Waals surface area contributed by atoms with Gasteiger partial charge in [-0.1, -0.05) is 65.2 Å². The molecule has 0 aliphatic heterocycles. The Labute approximate surface area is 265 Å². The van der Waals surface area contributed by atoms with Gasteiger partial charge in [0.15, 0.2) is 0 Å². The molecule has 0 aromatic heterocycles. The number of likely N-dealkylation sites (N-methyl/N-ethyl adjacent to an activating group) is 1. The predicted molar refractivity (Wildman–Crippen MR) is 172 cm³/mol. The zero-order valence-electron chi connectivity index (χ0n) is 27.7. The van der Waals surface area contributed by atoms with E-state index in [1.54, 1.807) is 12.1 Å². The van der Waals surface area contributed by atoms with Gasteiger partial charge in [-0.05, 0) is 63.2 Å². The van der Waals surface area contributed by atoms with Gasteiger partial charge in [0.2, 0.25) is 23.6 Å². The van der Waals surface area contributed by atoms with Gasteiger partial charge < -0.3 is 21.1 Å². The molecule has 3 aliphatic carbocycles. The summed E-state index contributed by atoms with van der Waals surface area (Å²) in [7, 11) is 1.76. The van der Waals surface area contributed by atoms with E-state index in [2.05, 4.69) is 10.7 Å². The Morgan fingerprint density at radius 1 is 0.818 bits per heavy atom. The number of amides is 4. The molecule has 10 heteroatoms. The summed E-state index contributed by atoms with van der Waals surface area (Å²) < 4.78 is 0. The lowest BCUT2D eigenvalue weighted by Crippen LogP contribution is -2.54. The van der Waals surface area contributed by atoms with Crippen LogP contribution in [0.4, 0.5) is 0 Å². The Bertz CT molecular complexity index is 914. The van der Waals surface area contributed by atoms with E-state index < -0.39 is 35.8 Å². The van der Waals surface area contributed by atoms with E-state index in [4.69, 9.17) is 5.73 Å². The molecule has 5 unspecified atom stereocenters. The summed E-state index contributed by atoms with van der Waals surface area (Å²) >= 11 is 0. The number of hydrazine groups is 1. The van der Waals surface area contributed by atoms with Gasteiger partial charge in [0.1, 0.15) is 0 Å². The summed E-state index contributed by atoms with van der Waals surface area (Å²) in [5, 5.41) is 16.2. The van der Waals surface area contributed by atoms with E-state index in [0.717, 1.165) is 51.4 Å². The van der Waals surface area contributed by atoms with Gasteiger partial charge in [0.25, 0.3) is 0 Å². The van der Waals surface area contributed by atoms with Crippen molar-refractivity contribution in [2.24, 2.45) is 35.3 Å². The fourth-order valence-corrected chi connectivity index (χ4v) is 7.86. The van der Waals surface area contributed by atoms with Gasteiger partial charge >= 0.3 is 0 Å². The van der Waals surface area contributed by atoms with Crippen LogP contribution in [0.2, 0.25) is 0 Å². The normalized spacial score (nSPS) is 24.8. The number of aliphatic hydroxyl groups excluding tert-OH is 1. The van der Waals surface area contributed by atoms with Crippen LogP contribution in [0.3, 0.4) is 0 Å². The molecular formula is C34H61N5O5. The lowest BCUT2D eigenvalue weighted by Gasteiger charge is -2.37. The molecule has 0 aromatic carbocycles. The van der Waals surface area contributed by atoms with Crippen LogP contribution in [0.25, 0.3) is 0 Å². The van der Waals surface area contributed by atoms with Crippen LogP contribution in [-0.4, -0.2) is 77.5 Å². The summed E-state index contributed by atoms with van der Waals surface area (Å²) in [6.45, 7) is 5.57. The Balaban J connectivity index is 1.66. The van der Waals surface area contributed by atoms with Crippen molar-refractivity contribution in [2.75, 3.05) is 26.7 Å². The maximum Gasteiger partial charge on any atom is 0.234 e. The maximum atomic E-state index is 13.8. The molecule has 0 aromatic rings. The van der Waals surface area contributed by atoms with E-state index in [-0.39, 0.29) is 24.3 Å². The molecule has 3 fully saturated rings. The second-order valence-electron chi connectivity index (χ2n) is 14.1. The highest BCUT2D eigenvalue weighted by Gasteiger charge is 2.40. The topological polar surface area (TPSA) is 145 Å². The standard InChI is InChI=1S/C34H61N5O5/c1-4-16-39(17-5-2)34(44)28-21-26(32(35)42)20-27(22-28)33(43)36-29(18-24-12-8-6-9-13-24)30(40)23-38(3)37-31(41)19-25-14-10-7-11-15-25/h24-30,40H,4-23H2,1-3H3,(H2,35,42)(H,36,43)(H,37,41). The Kier molecular flexibility index (Phi) is 15.4. The number of hydrogen-bond acceptors (Lipinski definition) is 6. The van der Waals surface area contributed by atoms with Crippen LogP contribution in [0.15, 0.2) is 0 Å². The first-order valence-electron chi connectivity index (χ1n) is 17.7. The van der Waals surface area contributed by atoms with Crippen molar-refractivity contribution in [3.05, 3.63) is 0 Å². The minimum absolute atomic E-state index is 0.00170. The molecule has 4 amide bonds. The largest absolute Gasteiger partial charge is 0.390 e. The highest BCUT2D eigenvalue weighted by atomic mass is 16.3. The quantitative estimate of drug-likeness (QED) is 0.193. The van der Waals surface area contributed by atoms with Gasteiger partial charge in [-0.2, -0.15) is 0 Å². The molecule has 0 saturated heterocycles. The summed E-state index contributed by atoms with van der Waals surface area (Å²) in [5.74, 6) is -1.39. The minimum atomic E-state index is -0.890. The smallest absolute Gasteiger partial charge is 0.234 e. The molecule has 3 saturated carbocycles. The highest BCUT2D eigenvalue weighted by molar-refractivity contribution is 5.85.